The van der Waals surface area contributed by atoms with E-state index >= 15 is 0 Å². The SMILES string of the molecule is CSC1CCCC1NC(=O)C1CSCCN1. The molecule has 0 aromatic heterocycles. The van der Waals surface area contributed by atoms with Gasteiger partial charge in [-0.25, -0.2) is 0 Å². The van der Waals surface area contributed by atoms with E-state index < -0.39 is 0 Å². The predicted octanol–water partition coefficient (Wildman–Crippen LogP) is 1.09. The molecule has 2 N–H and O–H groups in total. The van der Waals surface area contributed by atoms with Crippen molar-refractivity contribution in [2.45, 2.75) is 36.6 Å². The Morgan fingerprint density at radius 3 is 3.06 bits per heavy atom. The van der Waals surface area contributed by atoms with Gasteiger partial charge >= 0.3 is 0 Å². The Morgan fingerprint density at radius 2 is 2.38 bits per heavy atom. The Hall–Kier alpha value is 0.130. The molecule has 2 rings (SSSR count). The zero-order valence-electron chi connectivity index (χ0n) is 9.70. The summed E-state index contributed by atoms with van der Waals surface area (Å²) in [6.07, 6.45) is 5.79. The highest BCUT2D eigenvalue weighted by Crippen LogP contribution is 2.28. The molecule has 1 saturated heterocycles. The van der Waals surface area contributed by atoms with Gasteiger partial charge in [-0.2, -0.15) is 23.5 Å². The van der Waals surface area contributed by atoms with Crippen molar-refractivity contribution in [2.75, 3.05) is 24.3 Å². The number of rotatable bonds is 3. The van der Waals surface area contributed by atoms with Gasteiger partial charge in [-0.3, -0.25) is 4.79 Å². The fourth-order valence-electron chi connectivity index (χ4n) is 2.39. The summed E-state index contributed by atoms with van der Waals surface area (Å²) in [5.74, 6) is 2.25. The highest BCUT2D eigenvalue weighted by Gasteiger charge is 2.30. The van der Waals surface area contributed by atoms with Crippen LogP contribution in [0.3, 0.4) is 0 Å². The zero-order valence-corrected chi connectivity index (χ0v) is 11.3. The van der Waals surface area contributed by atoms with Crippen LogP contribution in [0.1, 0.15) is 19.3 Å². The van der Waals surface area contributed by atoms with Gasteiger partial charge in [0, 0.05) is 29.3 Å². The smallest absolute Gasteiger partial charge is 0.238 e. The number of thioether (sulfide) groups is 2. The molecule has 2 aliphatic rings. The van der Waals surface area contributed by atoms with Gasteiger partial charge in [0.05, 0.1) is 6.04 Å². The van der Waals surface area contributed by atoms with Crippen LogP contribution in [0, 0.1) is 0 Å². The number of amides is 1. The minimum absolute atomic E-state index is 0.0295. The fourth-order valence-corrected chi connectivity index (χ4v) is 4.26. The van der Waals surface area contributed by atoms with Gasteiger partial charge in [0.1, 0.15) is 0 Å². The monoisotopic (exact) mass is 260 g/mol. The number of hydrogen-bond acceptors (Lipinski definition) is 4. The Bertz CT molecular complexity index is 244. The molecular weight excluding hydrogens is 240 g/mol. The topological polar surface area (TPSA) is 41.1 Å². The third-order valence-electron chi connectivity index (χ3n) is 3.32. The van der Waals surface area contributed by atoms with Crippen molar-refractivity contribution in [3.63, 3.8) is 0 Å². The summed E-state index contributed by atoms with van der Waals surface area (Å²) in [4.78, 5) is 12.0. The third kappa shape index (κ3) is 3.08. The number of carbonyl (C=O) groups is 1. The second-order valence-electron chi connectivity index (χ2n) is 4.40. The minimum atomic E-state index is 0.0295. The molecule has 1 saturated carbocycles. The van der Waals surface area contributed by atoms with E-state index in [0.29, 0.717) is 11.3 Å². The van der Waals surface area contributed by atoms with Gasteiger partial charge in [-0.15, -0.1) is 0 Å². The van der Waals surface area contributed by atoms with Crippen LogP contribution >= 0.6 is 23.5 Å². The van der Waals surface area contributed by atoms with Crippen molar-refractivity contribution >= 4 is 29.4 Å². The molecule has 1 heterocycles. The van der Waals surface area contributed by atoms with E-state index in [0.717, 1.165) is 24.5 Å². The van der Waals surface area contributed by atoms with Crippen LogP contribution in [0.4, 0.5) is 0 Å². The normalized spacial score (nSPS) is 34.9. The number of carbonyl (C=O) groups excluding carboxylic acids is 1. The molecule has 5 heteroatoms. The summed E-state index contributed by atoms with van der Waals surface area (Å²) in [6.45, 7) is 0.958. The first-order chi connectivity index (χ1) is 7.81. The molecule has 16 heavy (non-hydrogen) atoms. The van der Waals surface area contributed by atoms with Crippen LogP contribution in [0.2, 0.25) is 0 Å². The van der Waals surface area contributed by atoms with E-state index in [-0.39, 0.29) is 11.9 Å². The van der Waals surface area contributed by atoms with Gasteiger partial charge in [0.15, 0.2) is 0 Å². The highest BCUT2D eigenvalue weighted by atomic mass is 32.2. The van der Waals surface area contributed by atoms with E-state index in [1.807, 2.05) is 23.5 Å². The van der Waals surface area contributed by atoms with Crippen LogP contribution in [0.5, 0.6) is 0 Å². The first kappa shape index (κ1) is 12.6. The van der Waals surface area contributed by atoms with Crippen molar-refractivity contribution in [3.8, 4) is 0 Å². The second-order valence-corrected chi connectivity index (χ2v) is 6.63. The third-order valence-corrected chi connectivity index (χ3v) is 5.55. The van der Waals surface area contributed by atoms with Gasteiger partial charge in [0.2, 0.25) is 5.91 Å². The molecule has 0 aromatic carbocycles. The van der Waals surface area contributed by atoms with Crippen molar-refractivity contribution in [3.05, 3.63) is 0 Å². The second kappa shape index (κ2) is 6.17. The van der Waals surface area contributed by atoms with Crippen molar-refractivity contribution in [1.29, 1.82) is 0 Å². The van der Waals surface area contributed by atoms with Crippen molar-refractivity contribution in [1.82, 2.24) is 10.6 Å². The molecule has 92 valence electrons. The lowest BCUT2D eigenvalue weighted by atomic mass is 10.2. The van der Waals surface area contributed by atoms with Crippen LogP contribution in [-0.4, -0.2) is 47.5 Å². The molecule has 1 amide bonds. The number of nitrogens with one attached hydrogen (secondary N) is 2. The maximum Gasteiger partial charge on any atom is 0.238 e. The first-order valence-electron chi connectivity index (χ1n) is 5.95. The lowest BCUT2D eigenvalue weighted by molar-refractivity contribution is -0.123. The van der Waals surface area contributed by atoms with E-state index in [1.54, 1.807) is 0 Å². The zero-order chi connectivity index (χ0) is 11.4. The lowest BCUT2D eigenvalue weighted by Crippen LogP contribution is -2.52. The average Bonchev–Trinajstić information content (AvgIpc) is 2.77. The first-order valence-corrected chi connectivity index (χ1v) is 8.40. The highest BCUT2D eigenvalue weighted by molar-refractivity contribution is 7.99. The molecule has 1 aliphatic carbocycles. The largest absolute Gasteiger partial charge is 0.351 e. The van der Waals surface area contributed by atoms with Crippen molar-refractivity contribution < 1.29 is 4.79 Å². The predicted molar refractivity (Wildman–Crippen MR) is 72.2 cm³/mol. The summed E-state index contributed by atoms with van der Waals surface area (Å²) in [7, 11) is 0. The Balaban J connectivity index is 1.81. The maximum atomic E-state index is 12.0. The van der Waals surface area contributed by atoms with E-state index in [4.69, 9.17) is 0 Å². The van der Waals surface area contributed by atoms with Gasteiger partial charge in [-0.05, 0) is 19.1 Å². The summed E-state index contributed by atoms with van der Waals surface area (Å²) in [6, 6.07) is 0.429. The standard InChI is InChI=1S/C11H20N2OS2/c1-15-10-4-2-3-8(10)13-11(14)9-7-16-6-5-12-9/h8-10,12H,2-7H2,1H3,(H,13,14). The van der Waals surface area contributed by atoms with Crippen molar-refractivity contribution in [2.24, 2.45) is 0 Å². The lowest BCUT2D eigenvalue weighted by Gasteiger charge is -2.26. The van der Waals surface area contributed by atoms with E-state index in [9.17, 15) is 4.79 Å². The Morgan fingerprint density at radius 1 is 1.50 bits per heavy atom. The number of hydrogen-bond donors (Lipinski definition) is 2. The molecular formula is C11H20N2OS2. The van der Waals surface area contributed by atoms with Crippen LogP contribution in [0.15, 0.2) is 0 Å². The van der Waals surface area contributed by atoms with Crippen LogP contribution in [0.25, 0.3) is 0 Å². The van der Waals surface area contributed by atoms with Gasteiger partial charge < -0.3 is 10.6 Å². The Kier molecular flexibility index (Phi) is 4.85. The van der Waals surface area contributed by atoms with Crippen LogP contribution < -0.4 is 10.6 Å². The molecule has 0 aromatic rings. The van der Waals surface area contributed by atoms with Crippen LogP contribution in [-0.2, 0) is 4.79 Å². The Labute approximate surface area is 106 Å². The van der Waals surface area contributed by atoms with E-state index in [1.165, 1.54) is 12.8 Å². The molecule has 3 atom stereocenters. The summed E-state index contributed by atoms with van der Waals surface area (Å²) >= 11 is 3.76. The van der Waals surface area contributed by atoms with E-state index in [2.05, 4.69) is 16.9 Å². The molecule has 2 fully saturated rings. The molecule has 3 nitrogen and oxygen atoms in total. The average molecular weight is 260 g/mol. The molecule has 0 radical (unpaired) electrons. The summed E-state index contributed by atoms with van der Waals surface area (Å²) in [5.41, 5.74) is 0. The molecule has 0 spiro atoms. The van der Waals surface area contributed by atoms with Gasteiger partial charge in [-0.1, -0.05) is 6.42 Å². The summed E-state index contributed by atoms with van der Waals surface area (Å²) < 4.78 is 0. The maximum absolute atomic E-state index is 12.0. The molecule has 3 unspecified atom stereocenters. The quantitative estimate of drug-likeness (QED) is 0.797. The molecule has 0 bridgehead atoms. The minimum Gasteiger partial charge on any atom is -0.351 e. The fraction of sp³-hybridized carbons (Fsp3) is 0.909. The molecule has 1 aliphatic heterocycles. The van der Waals surface area contributed by atoms with Gasteiger partial charge in [0.25, 0.3) is 0 Å². The summed E-state index contributed by atoms with van der Waals surface area (Å²) in [5, 5.41) is 7.13.